The monoisotopic (exact) mass is 657 g/mol. The third-order valence-corrected chi connectivity index (χ3v) is 11.2. The Balaban J connectivity index is 1.04. The van der Waals surface area contributed by atoms with Gasteiger partial charge in [-0.1, -0.05) is 84.9 Å². The first-order chi connectivity index (χ1) is 24.7. The summed E-state index contributed by atoms with van der Waals surface area (Å²) in [6.45, 7) is 0. The van der Waals surface area contributed by atoms with Gasteiger partial charge in [-0.2, -0.15) is 0 Å². The molecular weight excluding hydrogens is 631 g/mol. The summed E-state index contributed by atoms with van der Waals surface area (Å²) >= 11 is 1.86. The molecule has 0 spiro atoms. The lowest BCUT2D eigenvalue weighted by Gasteiger charge is -2.25. The lowest BCUT2D eigenvalue weighted by atomic mass is 9.98. The van der Waals surface area contributed by atoms with Crippen LogP contribution in [0, 0.1) is 0 Å². The van der Waals surface area contributed by atoms with Crippen LogP contribution >= 0.6 is 11.3 Å². The highest BCUT2D eigenvalue weighted by atomic mass is 32.1. The van der Waals surface area contributed by atoms with Crippen LogP contribution in [0.2, 0.25) is 0 Å². The molecule has 3 nitrogen and oxygen atoms in total. The van der Waals surface area contributed by atoms with Gasteiger partial charge in [0, 0.05) is 70.9 Å². The van der Waals surface area contributed by atoms with Crippen molar-refractivity contribution in [2.45, 2.75) is 0 Å². The zero-order valence-corrected chi connectivity index (χ0v) is 27.6. The number of fused-ring (bicyclic) bond motifs is 11. The van der Waals surface area contributed by atoms with E-state index >= 15 is 0 Å². The Bertz CT molecular complexity index is 2990. The number of benzene rings is 8. The summed E-state index contributed by atoms with van der Waals surface area (Å²) in [6.07, 6.45) is 0. The van der Waals surface area contributed by atoms with Crippen molar-refractivity contribution in [3.05, 3.63) is 164 Å². The first-order valence-corrected chi connectivity index (χ1v) is 17.6. The van der Waals surface area contributed by atoms with Gasteiger partial charge in [0.25, 0.3) is 0 Å². The number of hydrogen-bond acceptors (Lipinski definition) is 4. The van der Waals surface area contributed by atoms with Crippen LogP contribution < -0.4 is 4.90 Å². The van der Waals surface area contributed by atoms with Crippen molar-refractivity contribution in [3.8, 4) is 11.1 Å². The summed E-state index contributed by atoms with van der Waals surface area (Å²) in [6, 6.07) is 58.4. The third kappa shape index (κ3) is 4.16. The minimum absolute atomic E-state index is 0.860. The molecule has 0 aliphatic heterocycles. The normalized spacial score (nSPS) is 12.0. The quantitative estimate of drug-likeness (QED) is 0.189. The maximum absolute atomic E-state index is 6.34. The van der Waals surface area contributed by atoms with Crippen molar-refractivity contribution in [2.75, 3.05) is 4.90 Å². The van der Waals surface area contributed by atoms with Gasteiger partial charge in [0.05, 0.1) is 0 Å². The summed E-state index contributed by atoms with van der Waals surface area (Å²) in [5, 5.41) is 9.69. The molecule has 3 heterocycles. The Hall–Kier alpha value is -6.36. The molecule has 0 saturated carbocycles. The molecular formula is C46H27NO2S. The number of para-hydroxylation sites is 2. The van der Waals surface area contributed by atoms with Crippen LogP contribution in [-0.2, 0) is 0 Å². The van der Waals surface area contributed by atoms with E-state index in [1.807, 2.05) is 35.6 Å². The molecule has 4 heteroatoms. The SMILES string of the molecule is c1ccc2c(c1)oc1cc(N(c3ccc(-c4ccc5c(ccc6sc7ccccc7c65)c4)cc3)c3ccc4c(c3)oc3ccccc34)ccc12. The Labute approximate surface area is 290 Å². The van der Waals surface area contributed by atoms with Crippen molar-refractivity contribution in [1.82, 2.24) is 0 Å². The van der Waals surface area contributed by atoms with Gasteiger partial charge in [0.15, 0.2) is 0 Å². The number of rotatable bonds is 4. The van der Waals surface area contributed by atoms with E-state index in [9.17, 15) is 0 Å². The van der Waals surface area contributed by atoms with Gasteiger partial charge in [-0.25, -0.2) is 0 Å². The summed E-state index contributed by atoms with van der Waals surface area (Å²) in [7, 11) is 0. The fraction of sp³-hybridized carbons (Fsp3) is 0. The molecule has 8 aromatic carbocycles. The van der Waals surface area contributed by atoms with Gasteiger partial charge in [0.1, 0.15) is 22.3 Å². The maximum atomic E-state index is 6.34. The lowest BCUT2D eigenvalue weighted by Crippen LogP contribution is -2.09. The summed E-state index contributed by atoms with van der Waals surface area (Å²) in [5.74, 6) is 0. The molecule has 0 fully saturated rings. The number of thiophene rings is 1. The van der Waals surface area contributed by atoms with E-state index in [0.717, 1.165) is 60.9 Å². The molecule has 0 bridgehead atoms. The van der Waals surface area contributed by atoms with E-state index in [0.29, 0.717) is 0 Å². The Morgan fingerprint density at radius 1 is 0.360 bits per heavy atom. The van der Waals surface area contributed by atoms with E-state index in [1.165, 1.54) is 42.1 Å². The summed E-state index contributed by atoms with van der Waals surface area (Å²) < 4.78 is 15.3. The number of furan rings is 2. The van der Waals surface area contributed by atoms with Gasteiger partial charge < -0.3 is 13.7 Å². The molecule has 0 atom stereocenters. The van der Waals surface area contributed by atoms with Gasteiger partial charge in [-0.3, -0.25) is 0 Å². The smallest absolute Gasteiger partial charge is 0.137 e. The molecule has 11 aromatic rings. The van der Waals surface area contributed by atoms with Crippen molar-refractivity contribution >= 4 is 103 Å². The first-order valence-electron chi connectivity index (χ1n) is 16.8. The molecule has 0 saturated heterocycles. The maximum Gasteiger partial charge on any atom is 0.137 e. The van der Waals surface area contributed by atoms with Crippen LogP contribution in [0.1, 0.15) is 0 Å². The van der Waals surface area contributed by atoms with Gasteiger partial charge in [0.2, 0.25) is 0 Å². The number of nitrogens with zero attached hydrogens (tertiary/aromatic N) is 1. The lowest BCUT2D eigenvalue weighted by molar-refractivity contribution is 0.669. The second kappa shape index (κ2) is 10.6. The molecule has 0 aliphatic rings. The van der Waals surface area contributed by atoms with Crippen LogP contribution in [0.4, 0.5) is 17.1 Å². The average molecular weight is 658 g/mol. The minimum Gasteiger partial charge on any atom is -0.456 e. The van der Waals surface area contributed by atoms with E-state index in [4.69, 9.17) is 8.83 Å². The predicted molar refractivity (Wildman–Crippen MR) is 212 cm³/mol. The molecule has 234 valence electrons. The summed E-state index contributed by atoms with van der Waals surface area (Å²) in [5.41, 5.74) is 8.94. The molecule has 0 amide bonds. The fourth-order valence-corrected chi connectivity index (χ4v) is 8.81. The average Bonchev–Trinajstić information content (AvgIpc) is 3.86. The third-order valence-electron chi connectivity index (χ3n) is 10.1. The van der Waals surface area contributed by atoms with E-state index in [-0.39, 0.29) is 0 Å². The van der Waals surface area contributed by atoms with Crippen molar-refractivity contribution < 1.29 is 8.83 Å². The van der Waals surface area contributed by atoms with E-state index in [1.54, 1.807) is 0 Å². The highest BCUT2D eigenvalue weighted by molar-refractivity contribution is 7.26. The molecule has 11 rings (SSSR count). The molecule has 0 aliphatic carbocycles. The second-order valence-electron chi connectivity index (χ2n) is 12.9. The van der Waals surface area contributed by atoms with Crippen LogP contribution in [0.3, 0.4) is 0 Å². The molecule has 50 heavy (non-hydrogen) atoms. The second-order valence-corrected chi connectivity index (χ2v) is 14.0. The minimum atomic E-state index is 0.860. The number of anilines is 3. The number of hydrogen-bond donors (Lipinski definition) is 0. The van der Waals surface area contributed by atoms with Crippen LogP contribution in [0.15, 0.2) is 173 Å². The van der Waals surface area contributed by atoms with E-state index < -0.39 is 0 Å². The van der Waals surface area contributed by atoms with Crippen LogP contribution in [0.5, 0.6) is 0 Å². The highest BCUT2D eigenvalue weighted by Crippen LogP contribution is 2.42. The van der Waals surface area contributed by atoms with E-state index in [2.05, 4.69) is 144 Å². The van der Waals surface area contributed by atoms with Crippen LogP contribution in [0.25, 0.3) is 85.9 Å². The zero-order chi connectivity index (χ0) is 32.8. The van der Waals surface area contributed by atoms with Crippen molar-refractivity contribution in [3.63, 3.8) is 0 Å². The van der Waals surface area contributed by atoms with Gasteiger partial charge in [-0.05, 0) is 88.6 Å². The molecule has 0 N–H and O–H groups in total. The largest absolute Gasteiger partial charge is 0.456 e. The van der Waals surface area contributed by atoms with Crippen molar-refractivity contribution in [1.29, 1.82) is 0 Å². The fourth-order valence-electron chi connectivity index (χ4n) is 7.69. The summed E-state index contributed by atoms with van der Waals surface area (Å²) in [4.78, 5) is 2.28. The predicted octanol–water partition coefficient (Wildman–Crippen LogP) is 14.1. The zero-order valence-electron chi connectivity index (χ0n) is 26.8. The Morgan fingerprint density at radius 2 is 0.900 bits per heavy atom. The first kappa shape index (κ1) is 27.6. The molecule has 0 radical (unpaired) electrons. The molecule has 0 unspecified atom stereocenters. The highest BCUT2D eigenvalue weighted by Gasteiger charge is 2.18. The van der Waals surface area contributed by atoms with Gasteiger partial charge in [-0.15, -0.1) is 11.3 Å². The van der Waals surface area contributed by atoms with Crippen molar-refractivity contribution in [2.24, 2.45) is 0 Å². The molecule has 3 aromatic heterocycles. The standard InChI is InChI=1S/C46H27NO2S/c1-4-10-40-35(7-1)37-22-19-32(26-42(37)48-40)47(33-20-23-38-36-8-2-5-11-41(36)49-43(38)27-33)31-17-13-28(14-18-31)29-15-21-34-30(25-29)16-24-45-46(34)39-9-3-6-12-44(39)50-45/h1-27H. The van der Waals surface area contributed by atoms with Gasteiger partial charge >= 0.3 is 0 Å². The topological polar surface area (TPSA) is 29.5 Å². The Kier molecular flexibility index (Phi) is 5.83. The Morgan fingerprint density at radius 3 is 1.58 bits per heavy atom. The van der Waals surface area contributed by atoms with Crippen LogP contribution in [-0.4, -0.2) is 0 Å².